The highest BCUT2D eigenvalue weighted by molar-refractivity contribution is 5.32. The average Bonchev–Trinajstić information content (AvgIpc) is 1.47. The molecule has 9 heterocycles. The quantitative estimate of drug-likeness (QED) is 0.131. The van der Waals surface area contributed by atoms with Crippen LogP contribution in [0.2, 0.25) is 0 Å². The fraction of sp³-hybridized carbons (Fsp3) is 1.00. The summed E-state index contributed by atoms with van der Waals surface area (Å²) in [5.41, 5.74) is 3.30. The minimum Gasteiger partial charge on any atom is -0.305 e. The molecule has 0 spiro atoms. The third kappa shape index (κ3) is 13.7. The van der Waals surface area contributed by atoms with E-state index in [-0.39, 0.29) is 0 Å². The van der Waals surface area contributed by atoms with E-state index >= 15 is 0 Å². The van der Waals surface area contributed by atoms with E-state index in [1.54, 1.807) is 315 Å². The maximum Gasteiger partial charge on any atom is 0.0493 e. The molecule has 0 aromatic rings. The number of nitrogens with one attached hydrogen (secondary N) is 1. The lowest BCUT2D eigenvalue weighted by molar-refractivity contribution is 0.111. The summed E-state index contributed by atoms with van der Waals surface area (Å²) in [6.45, 7) is 12.9. The Morgan fingerprint density at radius 3 is 0.960 bits per heavy atom. The molecule has 9 aliphatic heterocycles. The third-order valence-electron chi connectivity index (χ3n) is 40.8. The van der Waals surface area contributed by atoms with Gasteiger partial charge in [-0.3, -0.25) is 19.6 Å². The minimum atomic E-state index is 0.608. The Hall–Kier alpha value is -0.200. The second-order valence-electron chi connectivity index (χ2n) is 44.3. The SMILES string of the molecule is CCC1(C2CCC(C3CCCCC(C4CCC(C5CCC(C6CCCCC(C78CCCC7N8)CC6)CC5)CCC(C56CN5C6)CC4)CCC3)CCC(C3CCCC(C4CC(C5CCCC(C6CC(C7CCCCCC7)CCC(C78CCN7C8)C6)CC5)CCC(C56CCN5C6)C4)CC3)C2)C2CN21. The molecule has 11 saturated carbocycles. The molecule has 29 unspecified atom stereocenters. The van der Waals surface area contributed by atoms with Crippen LogP contribution in [0.15, 0.2) is 0 Å². The maximum atomic E-state index is 4.07. The highest BCUT2D eigenvalue weighted by Gasteiger charge is 2.76. The molecule has 568 valence electrons. The lowest BCUT2D eigenvalue weighted by Crippen LogP contribution is -2.40. The lowest BCUT2D eigenvalue weighted by atomic mass is 9.65. The van der Waals surface area contributed by atoms with Crippen molar-refractivity contribution in [3.63, 3.8) is 0 Å². The number of hydrogen-bond acceptors (Lipinski definition) is 5. The first-order chi connectivity index (χ1) is 49.8. The summed E-state index contributed by atoms with van der Waals surface area (Å²) >= 11 is 0. The van der Waals surface area contributed by atoms with Crippen LogP contribution in [0.3, 0.4) is 0 Å². The van der Waals surface area contributed by atoms with Crippen LogP contribution in [0.4, 0.5) is 0 Å². The van der Waals surface area contributed by atoms with Crippen molar-refractivity contribution in [2.45, 2.75) is 419 Å². The van der Waals surface area contributed by atoms with Crippen molar-refractivity contribution < 1.29 is 0 Å². The van der Waals surface area contributed by atoms with Gasteiger partial charge < -0.3 is 5.32 Å². The molecule has 0 amide bonds. The van der Waals surface area contributed by atoms with Crippen LogP contribution in [0.1, 0.15) is 379 Å². The Labute approximate surface area is 622 Å². The summed E-state index contributed by atoms with van der Waals surface area (Å²) in [6.07, 6.45) is 91.8. The Kier molecular flexibility index (Phi) is 20.2. The molecular formula is C96H159N5. The summed E-state index contributed by atoms with van der Waals surface area (Å²) in [5, 5.41) is 4.07. The van der Waals surface area contributed by atoms with Crippen LogP contribution in [0.25, 0.3) is 0 Å². The van der Waals surface area contributed by atoms with Crippen molar-refractivity contribution in [1.82, 2.24) is 24.9 Å². The van der Waals surface area contributed by atoms with Gasteiger partial charge >= 0.3 is 0 Å². The van der Waals surface area contributed by atoms with Gasteiger partial charge in [0.25, 0.3) is 0 Å². The smallest absolute Gasteiger partial charge is 0.0493 e. The molecule has 29 atom stereocenters. The molecule has 20 rings (SSSR count). The summed E-state index contributed by atoms with van der Waals surface area (Å²) in [4.78, 5) is 11.8. The second-order valence-corrected chi connectivity index (χ2v) is 44.3. The molecule has 5 nitrogen and oxygen atoms in total. The van der Waals surface area contributed by atoms with Crippen LogP contribution in [0.5, 0.6) is 0 Å². The molecule has 0 aromatic heterocycles. The summed E-state index contributed by atoms with van der Waals surface area (Å²) in [6, 6.07) is 1.90. The molecule has 20 fully saturated rings. The molecule has 20 aliphatic rings. The number of nitrogens with zero attached hydrogens (tertiary/aromatic N) is 4. The van der Waals surface area contributed by atoms with Crippen LogP contribution in [0, 0.1) is 136 Å². The number of rotatable bonds is 15. The van der Waals surface area contributed by atoms with Crippen molar-refractivity contribution in [2.75, 3.05) is 45.8 Å². The second kappa shape index (κ2) is 29.2. The third-order valence-corrected chi connectivity index (χ3v) is 40.8. The van der Waals surface area contributed by atoms with E-state index in [4.69, 9.17) is 0 Å². The van der Waals surface area contributed by atoms with Gasteiger partial charge in [0.15, 0.2) is 0 Å². The van der Waals surface area contributed by atoms with E-state index in [0.29, 0.717) is 27.7 Å². The summed E-state index contributed by atoms with van der Waals surface area (Å²) in [7, 11) is 0. The number of piperidine rings is 1. The van der Waals surface area contributed by atoms with Gasteiger partial charge in [-0.05, 0) is 367 Å². The summed E-state index contributed by atoms with van der Waals surface area (Å²) in [5.74, 6) is 23.8. The molecule has 1 N–H and O–H groups in total. The highest BCUT2D eigenvalue weighted by atomic mass is 15.6. The van der Waals surface area contributed by atoms with Gasteiger partial charge in [0, 0.05) is 85.6 Å². The van der Waals surface area contributed by atoms with E-state index in [0.717, 1.165) is 148 Å². The van der Waals surface area contributed by atoms with Gasteiger partial charge in [-0.2, -0.15) is 0 Å². The largest absolute Gasteiger partial charge is 0.305 e. The van der Waals surface area contributed by atoms with E-state index in [2.05, 4.69) is 31.8 Å². The van der Waals surface area contributed by atoms with E-state index in [9.17, 15) is 0 Å². The lowest BCUT2D eigenvalue weighted by Gasteiger charge is -2.41. The van der Waals surface area contributed by atoms with Gasteiger partial charge in [0.2, 0.25) is 0 Å². The van der Waals surface area contributed by atoms with Gasteiger partial charge in [0.05, 0.1) is 0 Å². The van der Waals surface area contributed by atoms with Crippen molar-refractivity contribution >= 4 is 0 Å². The molecule has 5 heteroatoms. The van der Waals surface area contributed by atoms with E-state index < -0.39 is 0 Å². The van der Waals surface area contributed by atoms with Gasteiger partial charge in [-0.15, -0.1) is 0 Å². The molecule has 0 bridgehead atoms. The molecule has 9 saturated heterocycles. The zero-order valence-corrected chi connectivity index (χ0v) is 66.2. The predicted molar refractivity (Wildman–Crippen MR) is 420 cm³/mol. The molecule has 101 heavy (non-hydrogen) atoms. The Morgan fingerprint density at radius 1 is 0.257 bits per heavy atom. The maximum absolute atomic E-state index is 4.07. The van der Waals surface area contributed by atoms with Crippen molar-refractivity contribution in [3.8, 4) is 0 Å². The monoisotopic (exact) mass is 1380 g/mol. The predicted octanol–water partition coefficient (Wildman–Crippen LogP) is 23.3. The van der Waals surface area contributed by atoms with Crippen LogP contribution in [-0.2, 0) is 0 Å². The van der Waals surface area contributed by atoms with Gasteiger partial charge in [0.1, 0.15) is 0 Å². The zero-order valence-electron chi connectivity index (χ0n) is 66.2. The Bertz CT molecular complexity index is 2740. The Balaban J connectivity index is 0.467. The standard InChI is InChI=1S/C96H159N5/c1-2-96(91-62-101(91)96)89-51-43-78(68-18-8-7-17-67(20-11-21-68)77-36-37-79(41-47-85(46-40-77)94-65-100(94)66-94)76-34-32-75(33-35-76)70-19-9-10-26-86(48-42-70)95-52-14-27-90(95)97-95)38-39-82(59-89)72-23-13-25-74(31-29-72)84-58-81(45-50-88(61-84)93-54-56-99(93)64-93)71-22-12-24-73(30-28-71)83-57-80(69-15-5-3-4-6-16-69)44-49-87(60-83)92-53-55-98(92)63-92/h67-91,97H,2-66H2,1H3. The van der Waals surface area contributed by atoms with Crippen LogP contribution < -0.4 is 5.32 Å². The molecule has 0 radical (unpaired) electrons. The Morgan fingerprint density at radius 2 is 0.584 bits per heavy atom. The van der Waals surface area contributed by atoms with E-state index in [1.807, 2.05) is 0 Å². The number of hydrogen-bond donors (Lipinski definition) is 1. The first-order valence-electron chi connectivity index (χ1n) is 48.6. The van der Waals surface area contributed by atoms with Crippen molar-refractivity contribution in [3.05, 3.63) is 0 Å². The van der Waals surface area contributed by atoms with Crippen molar-refractivity contribution in [2.24, 2.45) is 136 Å². The molecule has 11 aliphatic carbocycles. The van der Waals surface area contributed by atoms with Crippen LogP contribution in [-0.4, -0.2) is 105 Å². The van der Waals surface area contributed by atoms with Crippen molar-refractivity contribution in [1.29, 1.82) is 0 Å². The topological polar surface area (TPSA) is 34.0 Å². The average molecular weight is 1380 g/mol. The molecule has 0 aromatic carbocycles. The van der Waals surface area contributed by atoms with Gasteiger partial charge in [-0.25, -0.2) is 0 Å². The van der Waals surface area contributed by atoms with Gasteiger partial charge in [-0.1, -0.05) is 148 Å². The molecular weight excluding hydrogens is 1220 g/mol. The first-order valence-corrected chi connectivity index (χ1v) is 48.6. The van der Waals surface area contributed by atoms with E-state index in [1.165, 1.54) is 104 Å². The normalized spacial score (nSPS) is 55.6. The fourth-order valence-corrected chi connectivity index (χ4v) is 33.8. The first kappa shape index (κ1) is 70.0. The van der Waals surface area contributed by atoms with Crippen LogP contribution >= 0.6 is 0 Å². The summed E-state index contributed by atoms with van der Waals surface area (Å²) < 4.78 is 0. The number of fused-ring (bicyclic) bond motifs is 5. The zero-order chi connectivity index (χ0) is 66.9. The fourth-order valence-electron chi connectivity index (χ4n) is 33.8. The minimum absolute atomic E-state index is 0.608. The highest BCUT2D eigenvalue weighted by Crippen LogP contribution is 2.66.